The largest absolute Gasteiger partial charge is 0.354 e. The number of likely N-dealkylation sites (tertiary alicyclic amines) is 1. The molecule has 0 spiro atoms. The topological polar surface area (TPSA) is 96.5 Å². The van der Waals surface area contributed by atoms with Crippen LogP contribution in [0.1, 0.15) is 18.5 Å². The number of nitrogens with one attached hydrogen (secondary N) is 2. The summed E-state index contributed by atoms with van der Waals surface area (Å²) in [7, 11) is 6.14. The van der Waals surface area contributed by atoms with Crippen molar-refractivity contribution in [2.45, 2.75) is 30.2 Å². The van der Waals surface area contributed by atoms with Crippen LogP contribution in [0, 0.1) is 6.92 Å². The van der Waals surface area contributed by atoms with Gasteiger partial charge in [-0.25, -0.2) is 9.97 Å². The number of carbonyl (C=O) groups is 1. The first-order valence-corrected chi connectivity index (χ1v) is 13.1. The van der Waals surface area contributed by atoms with Gasteiger partial charge in [-0.2, -0.15) is 5.10 Å². The predicted octanol–water partition coefficient (Wildman–Crippen LogP) is 2.20. The zero-order valence-corrected chi connectivity index (χ0v) is 22.0. The van der Waals surface area contributed by atoms with E-state index in [0.29, 0.717) is 5.25 Å². The molecule has 0 saturated carbocycles. The summed E-state index contributed by atoms with van der Waals surface area (Å²) in [5.41, 5.74) is 0.994. The molecule has 11 heteroatoms. The van der Waals surface area contributed by atoms with Crippen LogP contribution in [0.15, 0.2) is 29.4 Å². The molecule has 0 unspecified atom stereocenters. The molecule has 35 heavy (non-hydrogen) atoms. The Kier molecular flexibility index (Phi) is 8.64. The van der Waals surface area contributed by atoms with Crippen LogP contribution in [-0.4, -0.2) is 113 Å². The van der Waals surface area contributed by atoms with Gasteiger partial charge in [-0.05, 0) is 40.9 Å². The Morgan fingerprint density at radius 2 is 1.89 bits per heavy atom. The fourth-order valence-corrected chi connectivity index (χ4v) is 5.20. The molecule has 4 heterocycles. The lowest BCUT2D eigenvalue weighted by atomic mass is 10.1. The first-order valence-electron chi connectivity index (χ1n) is 12.2. The van der Waals surface area contributed by atoms with Crippen LogP contribution in [0.25, 0.3) is 0 Å². The van der Waals surface area contributed by atoms with Gasteiger partial charge in [-0.3, -0.25) is 9.89 Å². The fourth-order valence-electron chi connectivity index (χ4n) is 4.15. The first-order chi connectivity index (χ1) is 16.9. The van der Waals surface area contributed by atoms with Crippen molar-refractivity contribution in [2.75, 3.05) is 77.2 Å². The van der Waals surface area contributed by atoms with Crippen LogP contribution in [-0.2, 0) is 4.79 Å². The molecule has 2 aliphatic rings. The van der Waals surface area contributed by atoms with Crippen molar-refractivity contribution in [2.24, 2.45) is 0 Å². The minimum Gasteiger partial charge on any atom is -0.354 e. The third kappa shape index (κ3) is 7.42. The molecule has 2 saturated heterocycles. The molecular weight excluding hydrogens is 462 g/mol. The quantitative estimate of drug-likeness (QED) is 0.419. The summed E-state index contributed by atoms with van der Waals surface area (Å²) >= 11 is 1.72. The number of thioether (sulfide) groups is 1. The van der Waals surface area contributed by atoms with E-state index in [-0.39, 0.29) is 5.91 Å². The standard InChI is InChI=1S/C24H37N9OS/c1-18-16-21(29-28-18)25-20-17-22(32-14-12-31(4)13-15-32)27-24(26-20)35-19-7-10-33(11-8-19)23(34)6-5-9-30(2)3/h5-6,16-17,19H,7-15H2,1-4H3,(H2,25,26,27,28,29)/b6-5+. The number of aromatic nitrogens is 4. The van der Waals surface area contributed by atoms with E-state index < -0.39 is 0 Å². The number of H-pyrrole nitrogens is 1. The van der Waals surface area contributed by atoms with Crippen molar-refractivity contribution < 1.29 is 4.79 Å². The molecule has 190 valence electrons. The number of rotatable bonds is 8. The molecule has 0 bridgehead atoms. The van der Waals surface area contributed by atoms with E-state index in [0.717, 1.165) is 87.0 Å². The number of hydrogen-bond donors (Lipinski definition) is 2. The zero-order chi connectivity index (χ0) is 24.8. The van der Waals surface area contributed by atoms with Gasteiger partial charge >= 0.3 is 0 Å². The van der Waals surface area contributed by atoms with E-state index in [9.17, 15) is 4.79 Å². The second-order valence-corrected chi connectivity index (χ2v) is 10.8. The Morgan fingerprint density at radius 3 is 2.54 bits per heavy atom. The first kappa shape index (κ1) is 25.5. The van der Waals surface area contributed by atoms with Crippen molar-refractivity contribution in [1.82, 2.24) is 34.9 Å². The molecule has 2 N–H and O–H groups in total. The van der Waals surface area contributed by atoms with Crippen molar-refractivity contribution in [3.63, 3.8) is 0 Å². The number of aryl methyl sites for hydroxylation is 1. The highest BCUT2D eigenvalue weighted by Gasteiger charge is 2.24. The van der Waals surface area contributed by atoms with Crippen molar-refractivity contribution >= 4 is 35.1 Å². The SMILES string of the molecule is Cc1cc(Nc2cc(N3CCN(C)CC3)nc(SC3CCN(C(=O)/C=C/CN(C)C)CC3)n2)n[nH]1. The molecule has 2 aromatic heterocycles. The summed E-state index contributed by atoms with van der Waals surface area (Å²) < 4.78 is 0. The van der Waals surface area contributed by atoms with E-state index in [2.05, 4.69) is 32.4 Å². The van der Waals surface area contributed by atoms with Gasteiger partial charge < -0.3 is 24.9 Å². The summed E-state index contributed by atoms with van der Waals surface area (Å²) in [6.07, 6.45) is 5.49. The Bertz CT molecular complexity index is 1010. The second kappa shape index (κ2) is 11.9. The van der Waals surface area contributed by atoms with Crippen LogP contribution >= 0.6 is 11.8 Å². The molecule has 1 amide bonds. The number of nitrogens with zero attached hydrogens (tertiary/aromatic N) is 7. The van der Waals surface area contributed by atoms with E-state index in [1.54, 1.807) is 17.8 Å². The number of amides is 1. The monoisotopic (exact) mass is 499 g/mol. The van der Waals surface area contributed by atoms with Gasteiger partial charge in [-0.15, -0.1) is 0 Å². The number of aromatic amines is 1. The highest BCUT2D eigenvalue weighted by Crippen LogP contribution is 2.31. The van der Waals surface area contributed by atoms with Crippen LogP contribution in [0.4, 0.5) is 17.5 Å². The Balaban J connectivity index is 1.41. The maximum atomic E-state index is 12.5. The third-order valence-electron chi connectivity index (χ3n) is 6.24. The molecule has 0 radical (unpaired) electrons. The van der Waals surface area contributed by atoms with Gasteiger partial charge in [0.25, 0.3) is 0 Å². The molecule has 10 nitrogen and oxygen atoms in total. The van der Waals surface area contributed by atoms with Crippen LogP contribution < -0.4 is 10.2 Å². The zero-order valence-electron chi connectivity index (χ0n) is 21.2. The predicted molar refractivity (Wildman–Crippen MR) is 142 cm³/mol. The van der Waals surface area contributed by atoms with Gasteiger partial charge in [-0.1, -0.05) is 17.8 Å². The van der Waals surface area contributed by atoms with E-state index >= 15 is 0 Å². The maximum absolute atomic E-state index is 12.5. The van der Waals surface area contributed by atoms with Crippen molar-refractivity contribution in [3.8, 4) is 0 Å². The lowest BCUT2D eigenvalue weighted by Gasteiger charge is -2.33. The smallest absolute Gasteiger partial charge is 0.246 e. The molecule has 4 rings (SSSR count). The van der Waals surface area contributed by atoms with Crippen LogP contribution in [0.3, 0.4) is 0 Å². The van der Waals surface area contributed by atoms with Crippen molar-refractivity contribution in [3.05, 3.63) is 30.0 Å². The summed E-state index contributed by atoms with van der Waals surface area (Å²) in [5, 5.41) is 11.7. The van der Waals surface area contributed by atoms with Gasteiger partial charge in [0.1, 0.15) is 11.6 Å². The number of piperazine rings is 1. The molecular formula is C24H37N9OS. The van der Waals surface area contributed by atoms with E-state index in [1.165, 1.54) is 0 Å². The molecule has 0 aromatic carbocycles. The summed E-state index contributed by atoms with van der Waals surface area (Å²) in [6.45, 7) is 8.20. The van der Waals surface area contributed by atoms with Crippen LogP contribution in [0.2, 0.25) is 0 Å². The maximum Gasteiger partial charge on any atom is 0.246 e. The fraction of sp³-hybridized carbons (Fsp3) is 0.583. The molecule has 0 atom stereocenters. The lowest BCUT2D eigenvalue weighted by Crippen LogP contribution is -2.44. The van der Waals surface area contributed by atoms with Gasteiger partial charge in [0.05, 0.1) is 0 Å². The number of hydrogen-bond acceptors (Lipinski definition) is 9. The van der Waals surface area contributed by atoms with Crippen LogP contribution in [0.5, 0.6) is 0 Å². The highest BCUT2D eigenvalue weighted by molar-refractivity contribution is 7.99. The minimum atomic E-state index is 0.101. The average Bonchev–Trinajstić information content (AvgIpc) is 3.24. The minimum absolute atomic E-state index is 0.101. The summed E-state index contributed by atoms with van der Waals surface area (Å²) in [6, 6.07) is 3.98. The highest BCUT2D eigenvalue weighted by atomic mass is 32.2. The lowest BCUT2D eigenvalue weighted by molar-refractivity contribution is -0.126. The normalized spacial score (nSPS) is 18.1. The Labute approximate surface area is 212 Å². The second-order valence-electron chi connectivity index (χ2n) is 9.55. The number of piperidine rings is 1. The molecule has 0 aliphatic carbocycles. The van der Waals surface area contributed by atoms with Crippen molar-refractivity contribution in [1.29, 1.82) is 0 Å². The molecule has 2 fully saturated rings. The summed E-state index contributed by atoms with van der Waals surface area (Å²) in [5.74, 6) is 2.55. The summed E-state index contributed by atoms with van der Waals surface area (Å²) in [4.78, 5) is 30.9. The van der Waals surface area contributed by atoms with Gasteiger partial charge in [0, 0.05) is 75.0 Å². The Hall–Kier alpha value is -2.63. The number of anilines is 3. The Morgan fingerprint density at radius 1 is 1.14 bits per heavy atom. The third-order valence-corrected chi connectivity index (χ3v) is 7.44. The van der Waals surface area contributed by atoms with E-state index in [1.807, 2.05) is 49.0 Å². The average molecular weight is 500 g/mol. The van der Waals surface area contributed by atoms with Gasteiger partial charge in [0.15, 0.2) is 11.0 Å². The van der Waals surface area contributed by atoms with E-state index in [4.69, 9.17) is 9.97 Å². The molecule has 2 aliphatic heterocycles. The number of carbonyl (C=O) groups excluding carboxylic acids is 1. The number of likely N-dealkylation sites (N-methyl/N-ethyl adjacent to an activating group) is 2. The molecule has 2 aromatic rings. The van der Waals surface area contributed by atoms with Gasteiger partial charge in [0.2, 0.25) is 5.91 Å².